The van der Waals surface area contributed by atoms with E-state index in [0.717, 1.165) is 4.31 Å². The van der Waals surface area contributed by atoms with Gasteiger partial charge in [-0.25, -0.2) is 12.8 Å². The maximum absolute atomic E-state index is 13.2. The van der Waals surface area contributed by atoms with E-state index in [4.69, 9.17) is 0 Å². The first-order valence-electron chi connectivity index (χ1n) is 5.57. The smallest absolute Gasteiger partial charge is 0.243 e. The molecule has 0 aliphatic heterocycles. The monoisotopic (exact) mass is 275 g/mol. The highest BCUT2D eigenvalue weighted by atomic mass is 32.2. The van der Waals surface area contributed by atoms with Gasteiger partial charge in [0.05, 0.1) is 11.0 Å². The topological polar surface area (TPSA) is 57.6 Å². The lowest BCUT2D eigenvalue weighted by Crippen LogP contribution is -2.33. The second-order valence-electron chi connectivity index (χ2n) is 4.50. The number of likely N-dealkylation sites (N-methyl/N-ethyl adjacent to an activating group) is 1. The Kier molecular flexibility index (Phi) is 4.47. The molecule has 1 atom stereocenters. The number of nitrogens with zero attached hydrogens (tertiary/aromatic N) is 1. The Morgan fingerprint density at radius 1 is 1.33 bits per heavy atom. The summed E-state index contributed by atoms with van der Waals surface area (Å²) < 4.78 is 38.9. The maximum atomic E-state index is 13.2. The van der Waals surface area contributed by atoms with Crippen LogP contribution in [0.15, 0.2) is 17.0 Å². The van der Waals surface area contributed by atoms with E-state index in [1.165, 1.54) is 26.1 Å². The Labute approximate surface area is 107 Å². The summed E-state index contributed by atoms with van der Waals surface area (Å²) in [5.74, 6) is -0.456. The largest absolute Gasteiger partial charge is 0.392 e. The molecule has 0 amide bonds. The molecule has 0 spiro atoms. The first kappa shape index (κ1) is 15.1. The van der Waals surface area contributed by atoms with Crippen LogP contribution in [0.4, 0.5) is 4.39 Å². The van der Waals surface area contributed by atoms with Crippen molar-refractivity contribution < 1.29 is 17.9 Å². The van der Waals surface area contributed by atoms with Crippen LogP contribution in [0.3, 0.4) is 0 Å². The number of hydrogen-bond donors (Lipinski definition) is 1. The number of hydrogen-bond acceptors (Lipinski definition) is 3. The summed E-state index contributed by atoms with van der Waals surface area (Å²) in [6.45, 7) is 4.62. The van der Waals surface area contributed by atoms with Crippen molar-refractivity contribution in [2.75, 3.05) is 13.6 Å². The third-order valence-electron chi connectivity index (χ3n) is 2.61. The van der Waals surface area contributed by atoms with Gasteiger partial charge in [0.2, 0.25) is 10.0 Å². The third-order valence-corrected chi connectivity index (χ3v) is 4.74. The highest BCUT2D eigenvalue weighted by molar-refractivity contribution is 7.89. The van der Waals surface area contributed by atoms with Crippen molar-refractivity contribution in [3.05, 3.63) is 29.1 Å². The molecule has 4 nitrogen and oxygen atoms in total. The SMILES string of the molecule is Cc1cc(F)cc(C)c1S(=O)(=O)N(C)CC(C)O. The van der Waals surface area contributed by atoms with Crippen molar-refractivity contribution >= 4 is 10.0 Å². The van der Waals surface area contributed by atoms with E-state index in [-0.39, 0.29) is 11.4 Å². The van der Waals surface area contributed by atoms with Crippen molar-refractivity contribution in [3.8, 4) is 0 Å². The number of rotatable bonds is 4. The van der Waals surface area contributed by atoms with Crippen LogP contribution in [0.5, 0.6) is 0 Å². The van der Waals surface area contributed by atoms with Crippen LogP contribution in [0.1, 0.15) is 18.1 Å². The van der Waals surface area contributed by atoms with Gasteiger partial charge < -0.3 is 5.11 Å². The summed E-state index contributed by atoms with van der Waals surface area (Å²) in [4.78, 5) is 0.104. The summed E-state index contributed by atoms with van der Waals surface area (Å²) in [5.41, 5.74) is 0.731. The number of halogens is 1. The fraction of sp³-hybridized carbons (Fsp3) is 0.500. The Bertz CT molecular complexity index is 517. The van der Waals surface area contributed by atoms with Gasteiger partial charge >= 0.3 is 0 Å². The van der Waals surface area contributed by atoms with Crippen LogP contribution in [0.2, 0.25) is 0 Å². The van der Waals surface area contributed by atoms with Gasteiger partial charge in [-0.1, -0.05) is 0 Å². The molecule has 0 heterocycles. The molecule has 1 unspecified atom stereocenters. The van der Waals surface area contributed by atoms with E-state index >= 15 is 0 Å². The summed E-state index contributed by atoms with van der Waals surface area (Å²) in [6, 6.07) is 2.38. The zero-order chi connectivity index (χ0) is 14.1. The second kappa shape index (κ2) is 5.34. The summed E-state index contributed by atoms with van der Waals surface area (Å²) >= 11 is 0. The minimum Gasteiger partial charge on any atom is -0.392 e. The molecule has 6 heteroatoms. The van der Waals surface area contributed by atoms with Crippen molar-refractivity contribution in [1.29, 1.82) is 0 Å². The molecule has 0 bridgehead atoms. The van der Waals surface area contributed by atoms with Gasteiger partial charge in [0, 0.05) is 13.6 Å². The number of benzene rings is 1. The van der Waals surface area contributed by atoms with Gasteiger partial charge in [0.15, 0.2) is 0 Å². The third kappa shape index (κ3) is 3.07. The molecule has 1 aromatic carbocycles. The Hall–Kier alpha value is -0.980. The van der Waals surface area contributed by atoms with Gasteiger partial charge in [-0.3, -0.25) is 0 Å². The van der Waals surface area contributed by atoms with Gasteiger partial charge in [0.1, 0.15) is 5.82 Å². The predicted octanol–water partition coefficient (Wildman–Crippen LogP) is 1.44. The summed E-state index contributed by atoms with van der Waals surface area (Å²) in [6.07, 6.45) is -0.758. The Balaban J connectivity index is 3.29. The first-order valence-corrected chi connectivity index (χ1v) is 7.01. The zero-order valence-electron chi connectivity index (χ0n) is 10.9. The van der Waals surface area contributed by atoms with E-state index in [1.807, 2.05) is 0 Å². The lowest BCUT2D eigenvalue weighted by molar-refractivity contribution is 0.171. The van der Waals surface area contributed by atoms with E-state index in [2.05, 4.69) is 0 Å². The Morgan fingerprint density at radius 3 is 2.17 bits per heavy atom. The highest BCUT2D eigenvalue weighted by Gasteiger charge is 2.25. The molecule has 18 heavy (non-hydrogen) atoms. The van der Waals surface area contributed by atoms with Crippen LogP contribution in [-0.2, 0) is 10.0 Å². The van der Waals surface area contributed by atoms with E-state index in [9.17, 15) is 17.9 Å². The van der Waals surface area contributed by atoms with Gasteiger partial charge in [-0.2, -0.15) is 4.31 Å². The van der Waals surface area contributed by atoms with Crippen LogP contribution < -0.4 is 0 Å². The molecule has 0 saturated carbocycles. The van der Waals surface area contributed by atoms with Gasteiger partial charge in [0.25, 0.3) is 0 Å². The fourth-order valence-corrected chi connectivity index (χ4v) is 3.59. The Morgan fingerprint density at radius 2 is 1.78 bits per heavy atom. The van der Waals surface area contributed by atoms with Crippen LogP contribution in [0, 0.1) is 19.7 Å². The molecule has 0 aliphatic carbocycles. The molecular weight excluding hydrogens is 257 g/mol. The lowest BCUT2D eigenvalue weighted by Gasteiger charge is -2.21. The molecule has 1 rings (SSSR count). The van der Waals surface area contributed by atoms with Gasteiger partial charge in [-0.15, -0.1) is 0 Å². The fourth-order valence-electron chi connectivity index (χ4n) is 1.93. The average molecular weight is 275 g/mol. The second-order valence-corrected chi connectivity index (χ2v) is 6.49. The quantitative estimate of drug-likeness (QED) is 0.904. The molecule has 0 radical (unpaired) electrons. The predicted molar refractivity (Wildman–Crippen MR) is 67.4 cm³/mol. The van der Waals surface area contributed by atoms with Crippen LogP contribution in [0.25, 0.3) is 0 Å². The highest BCUT2D eigenvalue weighted by Crippen LogP contribution is 2.24. The molecule has 0 aliphatic rings. The molecule has 1 N–H and O–H groups in total. The molecule has 1 aromatic rings. The standard InChI is InChI=1S/C12H18FNO3S/c1-8-5-11(13)6-9(2)12(8)18(16,17)14(4)7-10(3)15/h5-6,10,15H,7H2,1-4H3. The summed E-state index contributed by atoms with van der Waals surface area (Å²) in [7, 11) is -2.31. The van der Waals surface area contributed by atoms with E-state index in [0.29, 0.717) is 11.1 Å². The van der Waals surface area contributed by atoms with Crippen molar-refractivity contribution in [2.45, 2.75) is 31.8 Å². The normalized spacial score (nSPS) is 13.9. The number of aliphatic hydroxyl groups is 1. The number of aryl methyl sites for hydroxylation is 2. The minimum atomic E-state index is -3.71. The molecule has 102 valence electrons. The van der Waals surface area contributed by atoms with E-state index in [1.54, 1.807) is 13.8 Å². The molecule has 0 fully saturated rings. The van der Waals surface area contributed by atoms with Gasteiger partial charge in [-0.05, 0) is 44.0 Å². The van der Waals surface area contributed by atoms with Crippen LogP contribution in [-0.4, -0.2) is 37.5 Å². The molecular formula is C12H18FNO3S. The number of sulfonamides is 1. The van der Waals surface area contributed by atoms with Crippen LogP contribution >= 0.6 is 0 Å². The zero-order valence-corrected chi connectivity index (χ0v) is 11.8. The maximum Gasteiger partial charge on any atom is 0.243 e. The first-order chi connectivity index (χ1) is 8.16. The minimum absolute atomic E-state index is 0.00140. The number of aliphatic hydroxyl groups excluding tert-OH is 1. The molecule has 0 aromatic heterocycles. The molecule has 0 saturated heterocycles. The summed E-state index contributed by atoms with van der Waals surface area (Å²) in [5, 5.41) is 9.25. The van der Waals surface area contributed by atoms with Crippen molar-refractivity contribution in [1.82, 2.24) is 4.31 Å². The van der Waals surface area contributed by atoms with E-state index < -0.39 is 21.9 Å². The average Bonchev–Trinajstić information content (AvgIpc) is 2.13. The van der Waals surface area contributed by atoms with Crippen molar-refractivity contribution in [2.24, 2.45) is 0 Å². The lowest BCUT2D eigenvalue weighted by atomic mass is 10.1. The van der Waals surface area contributed by atoms with Crippen molar-refractivity contribution in [3.63, 3.8) is 0 Å².